The molecule has 0 aromatic rings. The van der Waals surface area contributed by atoms with Gasteiger partial charge in [0, 0.05) is 11.4 Å². The molecule has 0 rings (SSSR count). The Morgan fingerprint density at radius 3 is 0.0259 bits per heavy atom. The van der Waals surface area contributed by atoms with Crippen LogP contribution in [0.4, 0.5) is 0 Å². The van der Waals surface area contributed by atoms with Crippen molar-refractivity contribution in [3.63, 3.8) is 0 Å². The van der Waals surface area contributed by atoms with Crippen LogP contribution in [-0.4, -0.2) is 2100 Å². The summed E-state index contributed by atoms with van der Waals surface area (Å²) in [6, 6.07) is 0. The average molecular weight is 2040 g/mol. The quantitative estimate of drug-likeness (QED) is 0.212. The SMILES string of the molecule is [Al+3].[Al+3].[Al+3].[Al+3].[Al+3].[Al+3].[Al+3].[Al+3].[Al+3].[Al+3].[Al+3].[Al+3].[Al+3].[Al+3].[Al+3].[Al+3].[Al+3].[Al+3].[Al+3].[Al+3].[Al+3].[Al+3].[Al+3].[Al+3].[Al+3].[Al+3].[Al+3].[Al+3].[Al+3].[Al+3].[Al+3].[Al+3].[Al+3].[Al+3].[Al+3].[Al+3].[Al+3].[Al+3].[Al+3].[Al+3].[Al+3].[Al+3].[Al+3].[Al+3].[Al+3].[Al+3].[Al+3].[Al+3].[Al+3].[Al+3].[Al+3].[Al+3].[Al+3].[Al+3].[Al+3].[Al+3].[Al+3].[Al+3].[HH].[HH].[HH].[HH].[HH].[HH].[HH].[HH].[LiH].[LiH].[LiH].[LiH].[LiH].[LiH].[LiH].[LiH].[LiH].[LiH].[LiH].[LiH].[LiH].[LiH].[LiH].[LiH].[LiH].[LiH].[LiH].[LiH].[LiH].[LiH].[LiH].[LiH].[LiH].[LiH].[LiH].[LiH].[LiH].[LiH].[LiH].[LiH].[LiH].[LiH].[LiH].[LiH].[LiH].[LiH].[LiH].[LiH].[LiH].[LiH].[LiH].[LiH].[LiH].[LiH].[LiH].[LiH].[LiH].[LiH].[LiH].[LiH].[LiH].[LiH].[LiH].[LiH].[LiH].[LiH]. The predicted octanol–water partition coefficient (Wildman–Crippen LogP) is -57.7. The molecule has 0 aromatic carbocycles. The number of rotatable bonds is 0. The van der Waals surface area contributed by atoms with Gasteiger partial charge in [0.2, 0.25) is 0 Å². The second kappa shape index (κ2) is 1350. The summed E-state index contributed by atoms with van der Waals surface area (Å²) in [6.45, 7) is 0. The van der Waals surface area contributed by atoms with Gasteiger partial charge in [0.25, 0.3) is 0 Å². The second-order valence-electron chi connectivity index (χ2n) is 0. The monoisotopic (exact) mass is 2050 g/mol. The summed E-state index contributed by atoms with van der Waals surface area (Å²) in [7, 11) is 0. The molecular formula is H74Al58Li58+174. The van der Waals surface area contributed by atoms with Crippen molar-refractivity contribution in [1.82, 2.24) is 0 Å². The molecule has 0 heterocycles. The van der Waals surface area contributed by atoms with Crippen LogP contribution in [0.5, 0.6) is 0 Å². The summed E-state index contributed by atoms with van der Waals surface area (Å²) in [4.78, 5) is 0. The van der Waals surface area contributed by atoms with Gasteiger partial charge in [0.1, 0.15) is 0 Å². The Hall–Kier alpha value is 65.5. The normalized spacial score (nSPS) is 0. The van der Waals surface area contributed by atoms with E-state index in [9.17, 15) is 0 Å². The van der Waals surface area contributed by atoms with Crippen molar-refractivity contribution >= 4 is 2100 Å². The van der Waals surface area contributed by atoms with Crippen LogP contribution in [0.3, 0.4) is 0 Å². The molecule has 0 fully saturated rings. The molecule has 116 heteroatoms. The van der Waals surface area contributed by atoms with E-state index >= 15 is 0 Å². The van der Waals surface area contributed by atoms with Crippen LogP contribution in [0, 0.1) is 0 Å². The second-order valence-corrected chi connectivity index (χ2v) is 0. The zero-order chi connectivity index (χ0) is 0. The molecule has 0 spiro atoms. The topological polar surface area (TPSA) is 0 Å². The molecule has 0 saturated carbocycles. The Bertz CT molecular complexity index is 159. The molecule has 0 aliphatic carbocycles. The molecule has 0 N–H and O–H groups in total. The third-order valence-corrected chi connectivity index (χ3v) is 0. The Kier molecular flexibility index (Phi) is 16100. The summed E-state index contributed by atoms with van der Waals surface area (Å²) in [5.41, 5.74) is 0. The van der Waals surface area contributed by atoms with E-state index in [2.05, 4.69) is 0 Å². The first kappa shape index (κ1) is 1380. The van der Waals surface area contributed by atoms with Gasteiger partial charge in [-0.3, -0.25) is 0 Å². The van der Waals surface area contributed by atoms with E-state index in [1.165, 1.54) is 0 Å². The zero-order valence-electron chi connectivity index (χ0n) is 33.5. The first-order valence-electron chi connectivity index (χ1n) is 0. The summed E-state index contributed by atoms with van der Waals surface area (Å²) < 4.78 is 0. The standard InChI is InChI=1S/58Al.58Li.8H2.58H/h;;;;;;;;;;;;;;;;;;;;;;;;;;;;;;;;;;;;;;;;;;;;;;;;;;;;;;;;;;;;;;;;;;;;;;;;;;;;;;;;;;;;;;;;;;;;;;;;;;;;;;;;;;;;;;;;;;;;8*1H;;;;;;;;;;;;;;;;;;;;;;;;;;;;;;;;;;;;;;;;;;;;;;;;;;;;;;;;;;/q58*+3;;;;;;;;;;;;;;;;;;;;;;;;;;;;;;;;;;;;;;;;;;;;;;;;;;;;;;;;;;;;;;;;;;;;;;;;;;;;;;;;;;;;;;;;;;;;;;;;;;;;;;;;;;;;;;;;;;;;;;;;;;;;. The van der Waals surface area contributed by atoms with Crippen LogP contribution >= 0.6 is 0 Å². The van der Waals surface area contributed by atoms with Crippen molar-refractivity contribution in [1.29, 1.82) is 0 Å². The molecule has 0 atom stereocenters. The van der Waals surface area contributed by atoms with Crippen LogP contribution in [0.2, 0.25) is 0 Å². The molecule has 0 amide bonds. The van der Waals surface area contributed by atoms with Crippen LogP contribution in [-0.2, 0) is 0 Å². The van der Waals surface area contributed by atoms with E-state index in [1.807, 2.05) is 0 Å². The molecule has 0 saturated heterocycles. The molecule has 0 unspecified atom stereocenters. The molecule has 0 aliphatic heterocycles. The molecular weight excluding hydrogens is 1970 g/mol. The fourth-order valence-electron chi connectivity index (χ4n) is 0. The molecule has 0 radical (unpaired) electrons. The van der Waals surface area contributed by atoms with Gasteiger partial charge >= 0.3 is 2100 Å². The number of hydrogen-bond acceptors (Lipinski definition) is 0. The van der Waals surface area contributed by atoms with Gasteiger partial charge in [-0.05, 0) is 0 Å². The summed E-state index contributed by atoms with van der Waals surface area (Å²) >= 11 is 0. The average Bonchev–Trinajstić information content (AvgIpc) is 0. The summed E-state index contributed by atoms with van der Waals surface area (Å²) in [5.74, 6) is 0. The Labute approximate surface area is 2050 Å². The van der Waals surface area contributed by atoms with E-state index in [-0.39, 0.29) is 2110 Å². The number of hydrogen-bond donors (Lipinski definition) is 0. The summed E-state index contributed by atoms with van der Waals surface area (Å²) in [6.07, 6.45) is 0. The van der Waals surface area contributed by atoms with Crippen LogP contribution in [0.1, 0.15) is 11.4 Å². The van der Waals surface area contributed by atoms with Crippen molar-refractivity contribution in [3.8, 4) is 0 Å². The van der Waals surface area contributed by atoms with Crippen molar-refractivity contribution in [2.45, 2.75) is 0 Å². The fraction of sp³-hybridized carbons (Fsp3) is 0. The minimum absolute atomic E-state index is 0. The van der Waals surface area contributed by atoms with E-state index in [0.29, 0.717) is 0 Å². The van der Waals surface area contributed by atoms with Crippen molar-refractivity contribution in [3.05, 3.63) is 0 Å². The third-order valence-electron chi connectivity index (χ3n) is 0. The van der Waals surface area contributed by atoms with Gasteiger partial charge in [-0.25, -0.2) is 0 Å². The Morgan fingerprint density at radius 2 is 0.0259 bits per heavy atom. The van der Waals surface area contributed by atoms with E-state index in [4.69, 9.17) is 0 Å². The Balaban J connectivity index is 0. The van der Waals surface area contributed by atoms with Crippen LogP contribution < -0.4 is 0 Å². The zero-order valence-corrected chi connectivity index (χ0v) is 100. The van der Waals surface area contributed by atoms with Gasteiger partial charge in [-0.1, -0.05) is 0 Å². The summed E-state index contributed by atoms with van der Waals surface area (Å²) in [5, 5.41) is 0. The molecule has 132 valence electrons. The van der Waals surface area contributed by atoms with Crippen LogP contribution in [0.15, 0.2) is 0 Å². The predicted molar refractivity (Wildman–Crippen MR) is 765 cm³/mol. The van der Waals surface area contributed by atoms with E-state index in [0.717, 1.165) is 0 Å². The van der Waals surface area contributed by atoms with E-state index in [1.54, 1.807) is 0 Å². The molecule has 116 heavy (non-hydrogen) atoms. The minimum atomic E-state index is 0. The van der Waals surface area contributed by atoms with Crippen molar-refractivity contribution in [2.75, 3.05) is 0 Å². The third kappa shape index (κ3) is 1330. The van der Waals surface area contributed by atoms with Gasteiger partial charge in [0.15, 0.2) is 0 Å². The molecule has 0 aromatic heterocycles. The van der Waals surface area contributed by atoms with Crippen molar-refractivity contribution in [2.24, 2.45) is 0 Å². The van der Waals surface area contributed by atoms with Crippen molar-refractivity contribution < 1.29 is 11.4 Å². The molecule has 0 bridgehead atoms. The van der Waals surface area contributed by atoms with Gasteiger partial charge in [-0.15, -0.1) is 0 Å². The first-order chi connectivity index (χ1) is 0. The molecule has 0 nitrogen and oxygen atoms in total. The van der Waals surface area contributed by atoms with E-state index < -0.39 is 0 Å². The van der Waals surface area contributed by atoms with Crippen LogP contribution in [0.25, 0.3) is 0 Å². The van der Waals surface area contributed by atoms with Gasteiger partial charge in [-0.2, -0.15) is 0 Å². The maximum absolute atomic E-state index is 0. The van der Waals surface area contributed by atoms with Gasteiger partial charge in [0.05, 0.1) is 0 Å². The molecule has 0 aliphatic rings. The maximum atomic E-state index is 0. The first-order valence-corrected chi connectivity index (χ1v) is 0. The Morgan fingerprint density at radius 1 is 0.0259 bits per heavy atom. The van der Waals surface area contributed by atoms with Gasteiger partial charge < -0.3 is 0 Å². The fourth-order valence-corrected chi connectivity index (χ4v) is 0.